The molecule has 0 spiro atoms. The molecule has 0 amide bonds. The Bertz CT molecular complexity index is 406. The third-order valence-corrected chi connectivity index (χ3v) is 2.73. The quantitative estimate of drug-likeness (QED) is 0.616. The summed E-state index contributed by atoms with van der Waals surface area (Å²) in [5.41, 5.74) is 0.315. The second kappa shape index (κ2) is 5.45. The number of hydrogen-bond acceptors (Lipinski definition) is 6. The SMILES string of the molecule is O=C(OC1OC(CO)C(O)C1O)c1ccccc1. The lowest BCUT2D eigenvalue weighted by atomic mass is 10.1. The molecule has 2 rings (SSSR count). The minimum atomic E-state index is -1.37. The van der Waals surface area contributed by atoms with Crippen LogP contribution < -0.4 is 0 Å². The Labute approximate surface area is 103 Å². The molecule has 6 heteroatoms. The summed E-state index contributed by atoms with van der Waals surface area (Å²) in [6.07, 6.45) is -4.86. The zero-order chi connectivity index (χ0) is 13.1. The maximum atomic E-state index is 11.7. The van der Waals surface area contributed by atoms with Gasteiger partial charge >= 0.3 is 5.97 Å². The number of esters is 1. The number of benzene rings is 1. The van der Waals surface area contributed by atoms with Crippen LogP contribution in [0.3, 0.4) is 0 Å². The first-order chi connectivity index (χ1) is 8.63. The Kier molecular flexibility index (Phi) is 3.93. The molecular formula is C12H14O6. The number of aliphatic hydroxyl groups excluding tert-OH is 3. The lowest BCUT2D eigenvalue weighted by Gasteiger charge is -2.15. The predicted octanol–water partition coefficient (Wildman–Crippen LogP) is -0.718. The van der Waals surface area contributed by atoms with Crippen molar-refractivity contribution in [3.05, 3.63) is 35.9 Å². The molecule has 1 saturated heterocycles. The van der Waals surface area contributed by atoms with E-state index in [9.17, 15) is 15.0 Å². The first-order valence-electron chi connectivity index (χ1n) is 5.52. The molecule has 1 heterocycles. The normalized spacial score (nSPS) is 31.3. The lowest BCUT2D eigenvalue weighted by Crippen LogP contribution is -2.35. The number of hydrogen-bond donors (Lipinski definition) is 3. The summed E-state index contributed by atoms with van der Waals surface area (Å²) in [5.74, 6) is -0.662. The summed E-state index contributed by atoms with van der Waals surface area (Å²) < 4.78 is 9.96. The largest absolute Gasteiger partial charge is 0.429 e. The maximum Gasteiger partial charge on any atom is 0.340 e. The minimum Gasteiger partial charge on any atom is -0.429 e. The highest BCUT2D eigenvalue weighted by molar-refractivity contribution is 5.89. The van der Waals surface area contributed by atoms with E-state index in [0.717, 1.165) is 0 Å². The van der Waals surface area contributed by atoms with Crippen LogP contribution in [0.5, 0.6) is 0 Å². The third kappa shape index (κ3) is 2.51. The van der Waals surface area contributed by atoms with Gasteiger partial charge in [0.2, 0.25) is 6.29 Å². The molecule has 0 aromatic heterocycles. The second-order valence-corrected chi connectivity index (χ2v) is 3.98. The highest BCUT2D eigenvalue weighted by atomic mass is 16.7. The zero-order valence-corrected chi connectivity index (χ0v) is 9.47. The van der Waals surface area contributed by atoms with Crippen molar-refractivity contribution in [3.63, 3.8) is 0 Å². The van der Waals surface area contributed by atoms with Crippen molar-refractivity contribution in [2.75, 3.05) is 6.61 Å². The summed E-state index contributed by atoms with van der Waals surface area (Å²) in [6, 6.07) is 8.22. The van der Waals surface area contributed by atoms with Gasteiger partial charge < -0.3 is 24.8 Å². The Morgan fingerprint density at radius 3 is 2.44 bits per heavy atom. The van der Waals surface area contributed by atoms with Gasteiger partial charge in [0.05, 0.1) is 12.2 Å². The van der Waals surface area contributed by atoms with Gasteiger partial charge in [0, 0.05) is 0 Å². The van der Waals surface area contributed by atoms with Gasteiger partial charge in [-0.05, 0) is 12.1 Å². The number of rotatable bonds is 3. The van der Waals surface area contributed by atoms with E-state index in [1.54, 1.807) is 30.3 Å². The van der Waals surface area contributed by atoms with Crippen molar-refractivity contribution in [1.82, 2.24) is 0 Å². The molecule has 3 N–H and O–H groups in total. The summed E-state index contributed by atoms with van der Waals surface area (Å²) in [6.45, 7) is -0.461. The van der Waals surface area contributed by atoms with Crippen molar-refractivity contribution in [2.45, 2.75) is 24.6 Å². The zero-order valence-electron chi connectivity index (χ0n) is 9.47. The van der Waals surface area contributed by atoms with Crippen LogP contribution in [0.4, 0.5) is 0 Å². The van der Waals surface area contributed by atoms with Crippen LogP contribution in [0.1, 0.15) is 10.4 Å². The molecule has 0 saturated carbocycles. The van der Waals surface area contributed by atoms with Crippen LogP contribution in [0.15, 0.2) is 30.3 Å². The fourth-order valence-corrected chi connectivity index (χ4v) is 1.71. The first-order valence-corrected chi connectivity index (χ1v) is 5.52. The monoisotopic (exact) mass is 254 g/mol. The van der Waals surface area contributed by atoms with Crippen LogP contribution in [0.2, 0.25) is 0 Å². The van der Waals surface area contributed by atoms with E-state index in [1.807, 2.05) is 0 Å². The molecule has 0 radical (unpaired) electrons. The third-order valence-electron chi connectivity index (χ3n) is 2.73. The number of aliphatic hydroxyl groups is 3. The fourth-order valence-electron chi connectivity index (χ4n) is 1.71. The van der Waals surface area contributed by atoms with Gasteiger partial charge in [-0.1, -0.05) is 18.2 Å². The molecule has 1 aromatic carbocycles. The molecule has 0 bridgehead atoms. The molecule has 4 unspecified atom stereocenters. The Hall–Kier alpha value is -1.47. The molecule has 1 aromatic rings. The van der Waals surface area contributed by atoms with Crippen molar-refractivity contribution in [2.24, 2.45) is 0 Å². The standard InChI is InChI=1S/C12H14O6/c13-6-8-9(14)10(15)12(17-8)18-11(16)7-4-2-1-3-5-7/h1-5,8-10,12-15H,6H2. The van der Waals surface area contributed by atoms with Crippen molar-refractivity contribution in [1.29, 1.82) is 0 Å². The van der Waals surface area contributed by atoms with E-state index in [4.69, 9.17) is 14.6 Å². The van der Waals surface area contributed by atoms with E-state index < -0.39 is 37.2 Å². The molecule has 1 aliphatic rings. The summed E-state index contributed by atoms with van der Waals surface area (Å²) in [7, 11) is 0. The lowest BCUT2D eigenvalue weighted by molar-refractivity contribution is -0.139. The highest BCUT2D eigenvalue weighted by Gasteiger charge is 2.44. The van der Waals surface area contributed by atoms with Gasteiger partial charge in [0.25, 0.3) is 0 Å². The van der Waals surface area contributed by atoms with Crippen molar-refractivity contribution in [3.8, 4) is 0 Å². The van der Waals surface area contributed by atoms with E-state index in [2.05, 4.69) is 0 Å². The number of ether oxygens (including phenoxy) is 2. The van der Waals surface area contributed by atoms with Gasteiger partial charge in [0.15, 0.2) is 0 Å². The molecule has 1 fully saturated rings. The summed E-state index contributed by atoms with van der Waals surface area (Å²) >= 11 is 0. The molecule has 0 aliphatic carbocycles. The fraction of sp³-hybridized carbons (Fsp3) is 0.417. The van der Waals surface area contributed by atoms with E-state index in [1.165, 1.54) is 0 Å². The molecule has 98 valence electrons. The van der Waals surface area contributed by atoms with Crippen LogP contribution in [-0.2, 0) is 9.47 Å². The van der Waals surface area contributed by atoms with Gasteiger partial charge in [-0.2, -0.15) is 0 Å². The number of carbonyl (C=O) groups excluding carboxylic acids is 1. The average molecular weight is 254 g/mol. The Morgan fingerprint density at radius 2 is 1.89 bits per heavy atom. The molecule has 1 aliphatic heterocycles. The molecule has 6 nitrogen and oxygen atoms in total. The van der Waals surface area contributed by atoms with E-state index >= 15 is 0 Å². The van der Waals surface area contributed by atoms with Gasteiger partial charge in [-0.25, -0.2) is 4.79 Å². The topological polar surface area (TPSA) is 96.2 Å². The Morgan fingerprint density at radius 1 is 1.22 bits per heavy atom. The summed E-state index contributed by atoms with van der Waals surface area (Å²) in [5, 5.41) is 28.0. The predicted molar refractivity (Wildman–Crippen MR) is 59.6 cm³/mol. The van der Waals surface area contributed by atoms with Crippen LogP contribution in [0, 0.1) is 0 Å². The van der Waals surface area contributed by atoms with Crippen LogP contribution in [0.25, 0.3) is 0 Å². The van der Waals surface area contributed by atoms with Crippen molar-refractivity contribution < 1.29 is 29.6 Å². The van der Waals surface area contributed by atoms with Gasteiger partial charge in [0.1, 0.15) is 18.3 Å². The smallest absolute Gasteiger partial charge is 0.340 e. The van der Waals surface area contributed by atoms with Gasteiger partial charge in [-0.15, -0.1) is 0 Å². The number of carbonyl (C=O) groups is 1. The first kappa shape index (κ1) is 13.0. The molecule has 4 atom stereocenters. The molecule has 18 heavy (non-hydrogen) atoms. The van der Waals surface area contributed by atoms with E-state index in [0.29, 0.717) is 5.56 Å². The minimum absolute atomic E-state index is 0.315. The second-order valence-electron chi connectivity index (χ2n) is 3.98. The van der Waals surface area contributed by atoms with E-state index in [-0.39, 0.29) is 0 Å². The molecular weight excluding hydrogens is 240 g/mol. The van der Waals surface area contributed by atoms with Crippen LogP contribution in [-0.4, -0.2) is 52.5 Å². The highest BCUT2D eigenvalue weighted by Crippen LogP contribution is 2.22. The van der Waals surface area contributed by atoms with Crippen LogP contribution >= 0.6 is 0 Å². The van der Waals surface area contributed by atoms with Crippen molar-refractivity contribution >= 4 is 5.97 Å². The maximum absolute atomic E-state index is 11.7. The average Bonchev–Trinajstić information content (AvgIpc) is 2.67. The summed E-state index contributed by atoms with van der Waals surface area (Å²) in [4.78, 5) is 11.7. The Balaban J connectivity index is 2.00. The van der Waals surface area contributed by atoms with Gasteiger partial charge in [-0.3, -0.25) is 0 Å².